The van der Waals surface area contributed by atoms with Crippen LogP contribution in [0.3, 0.4) is 0 Å². The quantitative estimate of drug-likeness (QED) is 0.854. The molecule has 0 spiro atoms. The molecule has 20 heavy (non-hydrogen) atoms. The molecule has 0 aliphatic carbocycles. The molecular weight excluding hydrogens is 276 g/mol. The molecule has 0 radical (unpaired) electrons. The number of imidazole rings is 1. The van der Waals surface area contributed by atoms with Crippen LogP contribution in [-0.4, -0.2) is 21.1 Å². The SMILES string of the molecule is Cc1nc2scc(C)n2c1CNNC(=O)OC(C)(C)C. The Balaban J connectivity index is 1.98. The number of hydrazine groups is 1. The zero-order chi connectivity index (χ0) is 14.9. The van der Waals surface area contributed by atoms with Crippen molar-refractivity contribution in [2.45, 2.75) is 46.8 Å². The van der Waals surface area contributed by atoms with Gasteiger partial charge in [0, 0.05) is 11.1 Å². The number of amides is 1. The average molecular weight is 296 g/mol. The van der Waals surface area contributed by atoms with Crippen molar-refractivity contribution in [2.75, 3.05) is 0 Å². The Morgan fingerprint density at radius 2 is 2.15 bits per heavy atom. The van der Waals surface area contributed by atoms with Gasteiger partial charge in [0.2, 0.25) is 0 Å². The number of hydrogen-bond donors (Lipinski definition) is 2. The molecule has 0 aromatic carbocycles. The van der Waals surface area contributed by atoms with E-state index in [1.54, 1.807) is 11.3 Å². The maximum atomic E-state index is 11.5. The number of carbonyl (C=O) groups excluding carboxylic acids is 1. The Morgan fingerprint density at radius 3 is 2.80 bits per heavy atom. The van der Waals surface area contributed by atoms with Crippen LogP contribution in [0.25, 0.3) is 4.96 Å². The Bertz CT molecular complexity index is 624. The summed E-state index contributed by atoms with van der Waals surface area (Å²) in [6.45, 7) is 9.97. The Labute approximate surface area is 122 Å². The summed E-state index contributed by atoms with van der Waals surface area (Å²) < 4.78 is 7.24. The molecule has 2 N–H and O–H groups in total. The van der Waals surface area contributed by atoms with Crippen molar-refractivity contribution in [1.29, 1.82) is 0 Å². The highest BCUT2D eigenvalue weighted by atomic mass is 32.1. The predicted molar refractivity (Wildman–Crippen MR) is 78.8 cm³/mol. The number of nitrogens with one attached hydrogen (secondary N) is 2. The van der Waals surface area contributed by atoms with Gasteiger partial charge in [0.25, 0.3) is 0 Å². The Hall–Kier alpha value is -1.60. The van der Waals surface area contributed by atoms with Gasteiger partial charge in [-0.2, -0.15) is 0 Å². The summed E-state index contributed by atoms with van der Waals surface area (Å²) in [5.41, 5.74) is 8.04. The lowest BCUT2D eigenvalue weighted by Gasteiger charge is -2.19. The standard InChI is InChI=1S/C13H20N4O2S/c1-8-7-20-11-15-9(2)10(17(8)11)6-14-16-12(18)19-13(3,4)5/h7,14H,6H2,1-5H3,(H,16,18). The van der Waals surface area contributed by atoms with Gasteiger partial charge >= 0.3 is 6.09 Å². The maximum absolute atomic E-state index is 11.5. The van der Waals surface area contributed by atoms with E-state index in [2.05, 4.69) is 25.6 Å². The number of fused-ring (bicyclic) bond motifs is 1. The van der Waals surface area contributed by atoms with E-state index in [0.717, 1.165) is 22.0 Å². The number of nitrogens with zero attached hydrogens (tertiary/aromatic N) is 2. The summed E-state index contributed by atoms with van der Waals surface area (Å²) in [5, 5.41) is 2.06. The highest BCUT2D eigenvalue weighted by Gasteiger charge is 2.16. The normalized spacial score (nSPS) is 11.8. The average Bonchev–Trinajstić information content (AvgIpc) is 2.78. The third-order valence-electron chi connectivity index (χ3n) is 2.67. The molecular formula is C13H20N4O2S. The zero-order valence-electron chi connectivity index (χ0n) is 12.4. The molecule has 0 saturated carbocycles. The predicted octanol–water partition coefficient (Wildman–Crippen LogP) is 2.54. The number of aryl methyl sites for hydroxylation is 2. The van der Waals surface area contributed by atoms with Gasteiger partial charge in [0.1, 0.15) is 5.60 Å². The topological polar surface area (TPSA) is 67.7 Å². The van der Waals surface area contributed by atoms with Crippen molar-refractivity contribution in [3.8, 4) is 0 Å². The van der Waals surface area contributed by atoms with Gasteiger partial charge in [-0.15, -0.1) is 11.3 Å². The molecule has 0 bridgehead atoms. The largest absolute Gasteiger partial charge is 0.443 e. The molecule has 2 rings (SSSR count). The lowest BCUT2D eigenvalue weighted by Crippen LogP contribution is -2.41. The van der Waals surface area contributed by atoms with Gasteiger partial charge in [-0.05, 0) is 34.6 Å². The number of rotatable bonds is 3. The van der Waals surface area contributed by atoms with E-state index in [9.17, 15) is 4.79 Å². The van der Waals surface area contributed by atoms with Crippen LogP contribution in [0.2, 0.25) is 0 Å². The van der Waals surface area contributed by atoms with Gasteiger partial charge in [-0.25, -0.2) is 15.2 Å². The lowest BCUT2D eigenvalue weighted by atomic mass is 10.2. The molecule has 0 atom stereocenters. The molecule has 110 valence electrons. The molecule has 2 heterocycles. The first-order valence-electron chi connectivity index (χ1n) is 6.42. The first kappa shape index (κ1) is 14.8. The van der Waals surface area contributed by atoms with Gasteiger partial charge in [-0.1, -0.05) is 0 Å². The van der Waals surface area contributed by atoms with E-state index >= 15 is 0 Å². The fourth-order valence-electron chi connectivity index (χ4n) is 1.88. The molecule has 2 aromatic rings. The smallest absolute Gasteiger partial charge is 0.422 e. The second-order valence-electron chi connectivity index (χ2n) is 5.62. The molecule has 6 nitrogen and oxygen atoms in total. The van der Waals surface area contributed by atoms with Crippen LogP contribution in [0.15, 0.2) is 5.38 Å². The number of hydrogen-bond acceptors (Lipinski definition) is 5. The van der Waals surface area contributed by atoms with E-state index in [0.29, 0.717) is 6.54 Å². The minimum absolute atomic E-state index is 0.488. The molecule has 1 amide bonds. The van der Waals surface area contributed by atoms with Crippen LogP contribution in [0, 0.1) is 13.8 Å². The van der Waals surface area contributed by atoms with Gasteiger partial charge < -0.3 is 4.74 Å². The molecule has 0 aliphatic heterocycles. The molecule has 0 fully saturated rings. The van der Waals surface area contributed by atoms with E-state index < -0.39 is 11.7 Å². The molecule has 0 unspecified atom stereocenters. The van der Waals surface area contributed by atoms with Crippen molar-refractivity contribution >= 4 is 22.4 Å². The zero-order valence-corrected chi connectivity index (χ0v) is 13.2. The van der Waals surface area contributed by atoms with Crippen molar-refractivity contribution in [3.05, 3.63) is 22.5 Å². The summed E-state index contributed by atoms with van der Waals surface area (Å²) in [5.74, 6) is 0. The fraction of sp³-hybridized carbons (Fsp3) is 0.538. The Morgan fingerprint density at radius 1 is 1.45 bits per heavy atom. The van der Waals surface area contributed by atoms with Gasteiger partial charge in [-0.3, -0.25) is 9.83 Å². The maximum Gasteiger partial charge on any atom is 0.422 e. The highest BCUT2D eigenvalue weighted by Crippen LogP contribution is 2.20. The second kappa shape index (κ2) is 5.41. The van der Waals surface area contributed by atoms with Crippen molar-refractivity contribution < 1.29 is 9.53 Å². The minimum Gasteiger partial charge on any atom is -0.443 e. The number of aromatic nitrogens is 2. The van der Waals surface area contributed by atoms with E-state index in [4.69, 9.17) is 4.74 Å². The monoisotopic (exact) mass is 296 g/mol. The first-order valence-corrected chi connectivity index (χ1v) is 7.30. The highest BCUT2D eigenvalue weighted by molar-refractivity contribution is 7.15. The van der Waals surface area contributed by atoms with E-state index in [1.807, 2.05) is 34.6 Å². The van der Waals surface area contributed by atoms with Crippen LogP contribution in [0.1, 0.15) is 37.9 Å². The summed E-state index contributed by atoms with van der Waals surface area (Å²) in [7, 11) is 0. The number of ether oxygens (including phenoxy) is 1. The second-order valence-corrected chi connectivity index (χ2v) is 6.46. The third kappa shape index (κ3) is 3.29. The summed E-state index contributed by atoms with van der Waals surface area (Å²) in [4.78, 5) is 17.0. The summed E-state index contributed by atoms with van der Waals surface area (Å²) in [6, 6.07) is 0. The van der Waals surface area contributed by atoms with Crippen molar-refractivity contribution in [2.24, 2.45) is 0 Å². The van der Waals surface area contributed by atoms with Crippen LogP contribution >= 0.6 is 11.3 Å². The minimum atomic E-state index is -0.504. The fourth-order valence-corrected chi connectivity index (χ4v) is 2.81. The van der Waals surface area contributed by atoms with Gasteiger partial charge in [0.05, 0.1) is 17.9 Å². The Kier molecular flexibility index (Phi) is 4.01. The van der Waals surface area contributed by atoms with Crippen LogP contribution < -0.4 is 10.9 Å². The third-order valence-corrected chi connectivity index (χ3v) is 3.62. The molecule has 0 aliphatic rings. The van der Waals surface area contributed by atoms with Crippen LogP contribution in [0.4, 0.5) is 4.79 Å². The van der Waals surface area contributed by atoms with Crippen molar-refractivity contribution in [3.63, 3.8) is 0 Å². The van der Waals surface area contributed by atoms with E-state index in [1.165, 1.54) is 0 Å². The van der Waals surface area contributed by atoms with Gasteiger partial charge in [0.15, 0.2) is 4.96 Å². The number of carbonyl (C=O) groups is 1. The molecule has 7 heteroatoms. The molecule has 2 aromatic heterocycles. The number of thiazole rings is 1. The van der Waals surface area contributed by atoms with Crippen LogP contribution in [0.5, 0.6) is 0 Å². The summed E-state index contributed by atoms with van der Waals surface area (Å²) in [6.07, 6.45) is -0.488. The lowest BCUT2D eigenvalue weighted by molar-refractivity contribution is 0.0496. The van der Waals surface area contributed by atoms with Crippen LogP contribution in [-0.2, 0) is 11.3 Å². The first-order chi connectivity index (χ1) is 9.28. The van der Waals surface area contributed by atoms with E-state index in [-0.39, 0.29) is 0 Å². The van der Waals surface area contributed by atoms with Crippen molar-refractivity contribution in [1.82, 2.24) is 20.2 Å². The molecule has 0 saturated heterocycles. The summed E-state index contributed by atoms with van der Waals surface area (Å²) >= 11 is 1.61.